The van der Waals surface area contributed by atoms with Crippen molar-refractivity contribution in [2.45, 2.75) is 32.1 Å². The van der Waals surface area contributed by atoms with Crippen molar-refractivity contribution in [3.63, 3.8) is 0 Å². The Bertz CT molecular complexity index is 940. The molecule has 1 fully saturated rings. The van der Waals surface area contributed by atoms with Gasteiger partial charge in [0, 0.05) is 24.7 Å². The first-order chi connectivity index (χ1) is 12.2. The van der Waals surface area contributed by atoms with Crippen molar-refractivity contribution in [3.05, 3.63) is 36.0 Å². The molecule has 6 nitrogen and oxygen atoms in total. The summed E-state index contributed by atoms with van der Waals surface area (Å²) in [5.74, 6) is -1.46. The Labute approximate surface area is 153 Å². The van der Waals surface area contributed by atoms with Crippen molar-refractivity contribution >= 4 is 26.9 Å². The van der Waals surface area contributed by atoms with Gasteiger partial charge in [-0.1, -0.05) is 19.9 Å². The van der Waals surface area contributed by atoms with Gasteiger partial charge >= 0.3 is 5.97 Å². The molecular formula is C19H24N2O4S. The number of pyridine rings is 1. The molecule has 0 spiro atoms. The third kappa shape index (κ3) is 3.46. The molecule has 1 aliphatic heterocycles. The van der Waals surface area contributed by atoms with Crippen molar-refractivity contribution in [1.82, 2.24) is 9.29 Å². The summed E-state index contributed by atoms with van der Waals surface area (Å²) in [6, 6.07) is 7.12. The molecule has 26 heavy (non-hydrogen) atoms. The van der Waals surface area contributed by atoms with E-state index in [9.17, 15) is 18.3 Å². The predicted molar refractivity (Wildman–Crippen MR) is 99.3 cm³/mol. The molecule has 0 unspecified atom stereocenters. The monoisotopic (exact) mass is 376 g/mol. The van der Waals surface area contributed by atoms with Gasteiger partial charge in [0.1, 0.15) is 4.90 Å². The lowest BCUT2D eigenvalue weighted by molar-refractivity contribution is -0.142. The number of fused-ring (bicyclic) bond motifs is 1. The van der Waals surface area contributed by atoms with Crippen LogP contribution in [0.15, 0.2) is 35.4 Å². The van der Waals surface area contributed by atoms with Gasteiger partial charge in [-0.2, -0.15) is 4.31 Å². The molecule has 1 N–H and O–H groups in total. The first-order valence-electron chi connectivity index (χ1n) is 8.78. The standard InChI is InChI=1S/C19H24N2O4S/c1-12(2)7-15-10-21(11-16(15)19(22)23)26(24,25)17-9-13(3)8-14-5-4-6-20-18(14)17/h4-6,8-9,12,15-16H,7,10-11H2,1-3H3,(H,22,23)/t15-,16-/m1/s1. The van der Waals surface area contributed by atoms with E-state index in [4.69, 9.17) is 0 Å². The zero-order chi connectivity index (χ0) is 19.1. The minimum atomic E-state index is -3.82. The van der Waals surface area contributed by atoms with Crippen molar-refractivity contribution < 1.29 is 18.3 Å². The van der Waals surface area contributed by atoms with Crippen LogP contribution in [0.4, 0.5) is 0 Å². The molecule has 2 atom stereocenters. The lowest BCUT2D eigenvalue weighted by Crippen LogP contribution is -2.30. The van der Waals surface area contributed by atoms with E-state index in [-0.39, 0.29) is 23.9 Å². The normalized spacial score (nSPS) is 21.5. The van der Waals surface area contributed by atoms with Crippen LogP contribution < -0.4 is 0 Å². The largest absolute Gasteiger partial charge is 0.481 e. The molecule has 0 bridgehead atoms. The summed E-state index contributed by atoms with van der Waals surface area (Å²) >= 11 is 0. The molecule has 140 valence electrons. The van der Waals surface area contributed by atoms with Gasteiger partial charge in [0.05, 0.1) is 11.4 Å². The van der Waals surface area contributed by atoms with Gasteiger partial charge in [0.15, 0.2) is 0 Å². The van der Waals surface area contributed by atoms with Gasteiger partial charge in [0.25, 0.3) is 0 Å². The fraction of sp³-hybridized carbons (Fsp3) is 0.474. The second-order valence-electron chi connectivity index (χ2n) is 7.49. The zero-order valence-electron chi connectivity index (χ0n) is 15.2. The number of benzene rings is 1. The lowest BCUT2D eigenvalue weighted by atomic mass is 9.88. The molecule has 3 rings (SSSR count). The zero-order valence-corrected chi connectivity index (χ0v) is 16.0. The fourth-order valence-electron chi connectivity index (χ4n) is 3.79. The molecule has 1 aromatic heterocycles. The average Bonchev–Trinajstić information content (AvgIpc) is 2.98. The third-order valence-corrected chi connectivity index (χ3v) is 6.78. The van der Waals surface area contributed by atoms with Gasteiger partial charge < -0.3 is 5.11 Å². The maximum Gasteiger partial charge on any atom is 0.308 e. The molecule has 7 heteroatoms. The quantitative estimate of drug-likeness (QED) is 0.867. The highest BCUT2D eigenvalue weighted by atomic mass is 32.2. The van der Waals surface area contributed by atoms with Crippen molar-refractivity contribution in [2.24, 2.45) is 17.8 Å². The highest BCUT2D eigenvalue weighted by molar-refractivity contribution is 7.89. The number of aliphatic carboxylic acids is 1. The molecule has 0 aliphatic carbocycles. The van der Waals surface area contributed by atoms with Crippen LogP contribution >= 0.6 is 0 Å². The molecule has 2 heterocycles. The number of aromatic nitrogens is 1. The van der Waals surface area contributed by atoms with E-state index in [1.165, 1.54) is 4.31 Å². The smallest absolute Gasteiger partial charge is 0.308 e. The van der Waals surface area contributed by atoms with Gasteiger partial charge in [-0.05, 0) is 48.9 Å². The number of sulfonamides is 1. The third-order valence-electron chi connectivity index (χ3n) is 4.93. The van der Waals surface area contributed by atoms with Crippen LogP contribution in [0.1, 0.15) is 25.8 Å². The molecule has 2 aromatic rings. The van der Waals surface area contributed by atoms with E-state index >= 15 is 0 Å². The molecule has 1 saturated heterocycles. The van der Waals surface area contributed by atoms with Gasteiger partial charge in [-0.15, -0.1) is 0 Å². The van der Waals surface area contributed by atoms with Crippen LogP contribution in [0, 0.1) is 24.7 Å². The van der Waals surface area contributed by atoms with Crippen LogP contribution in [0.5, 0.6) is 0 Å². The maximum absolute atomic E-state index is 13.3. The van der Waals surface area contributed by atoms with E-state index in [1.54, 1.807) is 18.3 Å². The number of hydrogen-bond acceptors (Lipinski definition) is 4. The topological polar surface area (TPSA) is 87.6 Å². The minimum Gasteiger partial charge on any atom is -0.481 e. The number of rotatable bonds is 5. The second kappa shape index (κ2) is 6.96. The van der Waals surface area contributed by atoms with Crippen molar-refractivity contribution in [2.75, 3.05) is 13.1 Å². The van der Waals surface area contributed by atoms with Gasteiger partial charge in [-0.3, -0.25) is 9.78 Å². The highest BCUT2D eigenvalue weighted by Gasteiger charge is 2.43. The van der Waals surface area contributed by atoms with E-state index in [1.807, 2.05) is 32.9 Å². The molecule has 0 amide bonds. The Hall–Kier alpha value is -1.99. The Morgan fingerprint density at radius 2 is 2.08 bits per heavy atom. The summed E-state index contributed by atoms with van der Waals surface area (Å²) < 4.78 is 27.9. The first kappa shape index (κ1) is 18.8. The Morgan fingerprint density at radius 1 is 1.35 bits per heavy atom. The number of aryl methyl sites for hydroxylation is 1. The first-order valence-corrected chi connectivity index (χ1v) is 10.2. The van der Waals surface area contributed by atoms with Gasteiger partial charge in [0.2, 0.25) is 10.0 Å². The van der Waals surface area contributed by atoms with Crippen molar-refractivity contribution in [1.29, 1.82) is 0 Å². The molecular weight excluding hydrogens is 352 g/mol. The lowest BCUT2D eigenvalue weighted by Gasteiger charge is -2.18. The summed E-state index contributed by atoms with van der Waals surface area (Å²) in [6.07, 6.45) is 2.26. The van der Waals surface area contributed by atoms with Gasteiger partial charge in [-0.25, -0.2) is 8.42 Å². The summed E-state index contributed by atoms with van der Waals surface area (Å²) in [4.78, 5) is 16.0. The van der Waals surface area contributed by atoms with Crippen LogP contribution in [0.25, 0.3) is 10.9 Å². The van der Waals surface area contributed by atoms with Crippen molar-refractivity contribution in [3.8, 4) is 0 Å². The Balaban J connectivity index is 2.03. The number of carboxylic acid groups (broad SMARTS) is 1. The van der Waals surface area contributed by atoms with E-state index in [0.29, 0.717) is 17.9 Å². The summed E-state index contributed by atoms with van der Waals surface area (Å²) in [5.41, 5.74) is 1.26. The van der Waals surface area contributed by atoms with Crippen LogP contribution in [-0.4, -0.2) is 41.9 Å². The fourth-order valence-corrected chi connectivity index (χ4v) is 5.56. The van der Waals surface area contributed by atoms with Crippen LogP contribution in [-0.2, 0) is 14.8 Å². The second-order valence-corrected chi connectivity index (χ2v) is 9.40. The van der Waals surface area contributed by atoms with E-state index < -0.39 is 21.9 Å². The number of carbonyl (C=O) groups is 1. The molecule has 1 aliphatic rings. The summed E-state index contributed by atoms with van der Waals surface area (Å²) in [6.45, 7) is 6.14. The number of hydrogen-bond donors (Lipinski definition) is 1. The predicted octanol–water partition coefficient (Wildman–Crippen LogP) is 2.91. The number of carboxylic acids is 1. The van der Waals surface area contributed by atoms with Crippen LogP contribution in [0.2, 0.25) is 0 Å². The number of nitrogens with zero attached hydrogens (tertiary/aromatic N) is 2. The van der Waals surface area contributed by atoms with Crippen LogP contribution in [0.3, 0.4) is 0 Å². The minimum absolute atomic E-state index is 0.0112. The highest BCUT2D eigenvalue weighted by Crippen LogP contribution is 2.34. The summed E-state index contributed by atoms with van der Waals surface area (Å²) in [5, 5.41) is 10.3. The SMILES string of the molecule is Cc1cc(S(=O)(=O)N2C[C@@H](CC(C)C)[C@H](C(=O)O)C2)c2ncccc2c1. The Morgan fingerprint density at radius 3 is 2.73 bits per heavy atom. The van der Waals surface area contributed by atoms with E-state index in [0.717, 1.165) is 10.9 Å². The summed E-state index contributed by atoms with van der Waals surface area (Å²) in [7, 11) is -3.82. The molecule has 0 radical (unpaired) electrons. The molecule has 1 aromatic carbocycles. The van der Waals surface area contributed by atoms with E-state index in [2.05, 4.69) is 4.98 Å². The Kier molecular flexibility index (Phi) is 5.03. The molecule has 0 saturated carbocycles. The average molecular weight is 376 g/mol. The maximum atomic E-state index is 13.3.